The number of amides is 1. The molecule has 1 amide bonds. The number of anilines is 1. The fourth-order valence-electron chi connectivity index (χ4n) is 1.60. The molecule has 1 rings (SSSR count). The zero-order valence-corrected chi connectivity index (χ0v) is 12.4. The molecule has 0 radical (unpaired) electrons. The maximum Gasteiger partial charge on any atom is 0.413 e. The van der Waals surface area contributed by atoms with Gasteiger partial charge in [0, 0.05) is 6.07 Å². The molecular formula is C14H16N2O6. The second kappa shape index (κ2) is 7.21. The van der Waals surface area contributed by atoms with Crippen molar-refractivity contribution < 1.29 is 24.0 Å². The minimum Gasteiger partial charge on any atom is -0.466 e. The standard InChI is InChI=1S/C14H16N2O6/c1-8(2)12(13(17)21-4)22-14(18)15-10-6-5-9(3)7-11(10)16(19)20/h5-7,12H,1H2,2-4H3,(H,15,18). The summed E-state index contributed by atoms with van der Waals surface area (Å²) in [5.74, 6) is -0.791. The lowest BCUT2D eigenvalue weighted by Gasteiger charge is -2.16. The van der Waals surface area contributed by atoms with Crippen molar-refractivity contribution in [2.45, 2.75) is 20.0 Å². The van der Waals surface area contributed by atoms with Crippen LogP contribution in [-0.2, 0) is 14.3 Å². The number of esters is 1. The molecule has 1 N–H and O–H groups in total. The van der Waals surface area contributed by atoms with E-state index >= 15 is 0 Å². The van der Waals surface area contributed by atoms with Gasteiger partial charge < -0.3 is 9.47 Å². The Balaban J connectivity index is 2.91. The first-order chi connectivity index (χ1) is 10.3. The average molecular weight is 308 g/mol. The largest absolute Gasteiger partial charge is 0.466 e. The number of aryl methyl sites for hydroxylation is 1. The normalized spacial score (nSPS) is 11.2. The van der Waals surface area contributed by atoms with E-state index in [0.29, 0.717) is 5.56 Å². The van der Waals surface area contributed by atoms with E-state index in [1.807, 2.05) is 0 Å². The third kappa shape index (κ3) is 4.30. The summed E-state index contributed by atoms with van der Waals surface area (Å²) in [6, 6.07) is 4.29. The Morgan fingerprint density at radius 2 is 2.05 bits per heavy atom. The number of carbonyl (C=O) groups excluding carboxylic acids is 2. The van der Waals surface area contributed by atoms with Crippen LogP contribution >= 0.6 is 0 Å². The third-order valence-corrected chi connectivity index (χ3v) is 2.67. The molecule has 1 atom stereocenters. The number of nitro groups is 1. The number of nitro benzene ring substituents is 1. The molecule has 0 aromatic heterocycles. The van der Waals surface area contributed by atoms with Crippen LogP contribution in [0.1, 0.15) is 12.5 Å². The monoisotopic (exact) mass is 308 g/mol. The number of hydrogen-bond donors (Lipinski definition) is 1. The number of methoxy groups -OCH3 is 1. The third-order valence-electron chi connectivity index (χ3n) is 2.67. The van der Waals surface area contributed by atoms with E-state index in [0.717, 1.165) is 7.11 Å². The highest BCUT2D eigenvalue weighted by molar-refractivity contribution is 5.90. The highest BCUT2D eigenvalue weighted by Gasteiger charge is 2.25. The van der Waals surface area contributed by atoms with Gasteiger partial charge in [-0.2, -0.15) is 0 Å². The van der Waals surface area contributed by atoms with E-state index in [2.05, 4.69) is 16.6 Å². The fourth-order valence-corrected chi connectivity index (χ4v) is 1.60. The molecule has 0 heterocycles. The van der Waals surface area contributed by atoms with Crippen LogP contribution in [0.4, 0.5) is 16.2 Å². The summed E-state index contributed by atoms with van der Waals surface area (Å²) in [5.41, 5.74) is 0.619. The van der Waals surface area contributed by atoms with Gasteiger partial charge in [0.25, 0.3) is 5.69 Å². The van der Waals surface area contributed by atoms with Crippen LogP contribution in [0.5, 0.6) is 0 Å². The van der Waals surface area contributed by atoms with Gasteiger partial charge in [0.2, 0.25) is 6.10 Å². The number of hydrogen-bond acceptors (Lipinski definition) is 6. The van der Waals surface area contributed by atoms with E-state index in [9.17, 15) is 19.7 Å². The van der Waals surface area contributed by atoms with Crippen LogP contribution < -0.4 is 5.32 Å². The molecule has 0 bridgehead atoms. The predicted molar refractivity (Wildman–Crippen MR) is 78.6 cm³/mol. The summed E-state index contributed by atoms with van der Waals surface area (Å²) in [6.07, 6.45) is -2.31. The van der Waals surface area contributed by atoms with E-state index in [4.69, 9.17) is 4.74 Å². The lowest BCUT2D eigenvalue weighted by Crippen LogP contribution is -2.31. The highest BCUT2D eigenvalue weighted by atomic mass is 16.6. The Kier molecular flexibility index (Phi) is 5.62. The second-order valence-corrected chi connectivity index (χ2v) is 4.56. The van der Waals surface area contributed by atoms with Crippen LogP contribution in [0.25, 0.3) is 0 Å². The fraction of sp³-hybridized carbons (Fsp3) is 0.286. The molecule has 1 aromatic carbocycles. The number of rotatable bonds is 5. The summed E-state index contributed by atoms with van der Waals surface area (Å²) in [4.78, 5) is 33.6. The van der Waals surface area contributed by atoms with Gasteiger partial charge >= 0.3 is 12.1 Å². The van der Waals surface area contributed by atoms with Crippen LogP contribution in [-0.4, -0.2) is 30.2 Å². The summed E-state index contributed by atoms with van der Waals surface area (Å²) in [7, 11) is 1.14. The molecule has 8 heteroatoms. The zero-order valence-electron chi connectivity index (χ0n) is 12.4. The van der Waals surface area contributed by atoms with Crippen molar-refractivity contribution in [3.8, 4) is 0 Å². The average Bonchev–Trinajstić information content (AvgIpc) is 2.45. The summed E-state index contributed by atoms with van der Waals surface area (Å²) in [6.45, 7) is 6.70. The maximum absolute atomic E-state index is 11.8. The predicted octanol–water partition coefficient (Wildman–Crippen LogP) is 2.57. The van der Waals surface area contributed by atoms with Crippen LogP contribution in [0.15, 0.2) is 30.4 Å². The minimum absolute atomic E-state index is 0.0362. The van der Waals surface area contributed by atoms with Crippen molar-refractivity contribution in [3.05, 3.63) is 46.0 Å². The van der Waals surface area contributed by atoms with E-state index in [1.165, 1.54) is 19.1 Å². The molecule has 118 valence electrons. The Bertz CT molecular complexity index is 626. The molecule has 0 aliphatic heterocycles. The van der Waals surface area contributed by atoms with Gasteiger partial charge in [-0.25, -0.2) is 9.59 Å². The second-order valence-electron chi connectivity index (χ2n) is 4.56. The van der Waals surface area contributed by atoms with Crippen LogP contribution in [0.2, 0.25) is 0 Å². The molecule has 1 unspecified atom stereocenters. The van der Waals surface area contributed by atoms with E-state index in [-0.39, 0.29) is 16.9 Å². The zero-order chi connectivity index (χ0) is 16.9. The van der Waals surface area contributed by atoms with E-state index < -0.39 is 23.1 Å². The minimum atomic E-state index is -1.28. The quantitative estimate of drug-likeness (QED) is 0.387. The van der Waals surface area contributed by atoms with Gasteiger partial charge in [-0.15, -0.1) is 0 Å². The van der Waals surface area contributed by atoms with Gasteiger partial charge in [0.1, 0.15) is 5.69 Å². The van der Waals surface area contributed by atoms with Crippen molar-refractivity contribution in [1.29, 1.82) is 0 Å². The summed E-state index contributed by atoms with van der Waals surface area (Å²) in [5, 5.41) is 13.2. The molecule has 0 spiro atoms. The summed E-state index contributed by atoms with van der Waals surface area (Å²) < 4.78 is 9.38. The van der Waals surface area contributed by atoms with Crippen molar-refractivity contribution in [3.63, 3.8) is 0 Å². The van der Waals surface area contributed by atoms with Gasteiger partial charge in [-0.05, 0) is 31.1 Å². The van der Waals surface area contributed by atoms with Crippen molar-refractivity contribution in [2.75, 3.05) is 12.4 Å². The Morgan fingerprint density at radius 1 is 1.41 bits per heavy atom. The van der Waals surface area contributed by atoms with Gasteiger partial charge in [0.05, 0.1) is 12.0 Å². The molecule has 0 aliphatic carbocycles. The van der Waals surface area contributed by atoms with Crippen molar-refractivity contribution in [2.24, 2.45) is 0 Å². The lowest BCUT2D eigenvalue weighted by molar-refractivity contribution is -0.384. The molecular weight excluding hydrogens is 292 g/mol. The van der Waals surface area contributed by atoms with Gasteiger partial charge in [-0.3, -0.25) is 15.4 Å². The highest BCUT2D eigenvalue weighted by Crippen LogP contribution is 2.25. The maximum atomic E-state index is 11.8. The number of carbonyl (C=O) groups is 2. The Labute approximate surface area is 126 Å². The topological polar surface area (TPSA) is 108 Å². The molecule has 0 saturated carbocycles. The molecule has 22 heavy (non-hydrogen) atoms. The summed E-state index contributed by atoms with van der Waals surface area (Å²) >= 11 is 0. The number of nitrogens with one attached hydrogen (secondary N) is 1. The van der Waals surface area contributed by atoms with E-state index in [1.54, 1.807) is 13.0 Å². The molecule has 0 aliphatic rings. The smallest absolute Gasteiger partial charge is 0.413 e. The van der Waals surface area contributed by atoms with Crippen LogP contribution in [0.3, 0.4) is 0 Å². The molecule has 0 saturated heterocycles. The first-order valence-corrected chi connectivity index (χ1v) is 6.22. The van der Waals surface area contributed by atoms with Gasteiger partial charge in [-0.1, -0.05) is 12.6 Å². The van der Waals surface area contributed by atoms with Crippen molar-refractivity contribution >= 4 is 23.4 Å². The number of benzene rings is 1. The molecule has 8 nitrogen and oxygen atoms in total. The Hall–Kier alpha value is -2.90. The first-order valence-electron chi connectivity index (χ1n) is 6.22. The Morgan fingerprint density at radius 3 is 2.55 bits per heavy atom. The van der Waals surface area contributed by atoms with Crippen LogP contribution in [0, 0.1) is 17.0 Å². The van der Waals surface area contributed by atoms with Gasteiger partial charge in [0.15, 0.2) is 0 Å². The van der Waals surface area contributed by atoms with Crippen molar-refractivity contribution in [1.82, 2.24) is 0 Å². The lowest BCUT2D eigenvalue weighted by atomic mass is 10.2. The first kappa shape index (κ1) is 17.2. The SMILES string of the molecule is C=C(C)C(OC(=O)Nc1ccc(C)cc1[N+](=O)[O-])C(=O)OC. The molecule has 1 aromatic rings. The molecule has 0 fully saturated rings. The number of ether oxygens (including phenoxy) is 2. The number of nitrogens with zero attached hydrogens (tertiary/aromatic N) is 1.